The quantitative estimate of drug-likeness (QED) is 0.422. The molecule has 0 unspecified atom stereocenters. The minimum absolute atomic E-state index is 0.959. The highest BCUT2D eigenvalue weighted by Gasteiger charge is 2.18. The van der Waals surface area contributed by atoms with Gasteiger partial charge in [0.25, 0.3) is 0 Å². The summed E-state index contributed by atoms with van der Waals surface area (Å²) in [5, 5.41) is 2.45. The van der Waals surface area contributed by atoms with Gasteiger partial charge >= 0.3 is 0 Å². The molecule has 0 fully saturated rings. The fourth-order valence-electron chi connectivity index (χ4n) is 2.67. The van der Waals surface area contributed by atoms with E-state index in [1.54, 1.807) is 0 Å². The van der Waals surface area contributed by atoms with Crippen LogP contribution in [0.5, 0.6) is 11.5 Å². The average Bonchev–Trinajstić information content (AvgIpc) is 2.39. The number of ether oxygens (including phenoxy) is 1. The molecule has 0 saturated carbocycles. The second-order valence-electron chi connectivity index (χ2n) is 4.76. The van der Waals surface area contributed by atoms with Crippen LogP contribution in [0.2, 0.25) is 0 Å². The molecule has 0 aliphatic carbocycles. The molecule has 0 radical (unpaired) electrons. The zero-order valence-electron chi connectivity index (χ0n) is 10.1. The molecule has 4 rings (SSSR count). The molecule has 0 saturated heterocycles. The lowest BCUT2D eigenvalue weighted by Crippen LogP contribution is -2.05. The lowest BCUT2D eigenvalue weighted by molar-refractivity contribution is 0.487. The molecule has 0 aromatic heterocycles. The molecule has 1 nitrogen and oxygen atoms in total. The number of fused-ring (bicyclic) bond motifs is 2. The molecular weight excluding hydrogens is 219 g/mol. The summed E-state index contributed by atoms with van der Waals surface area (Å²) in [4.78, 5) is 0. The van der Waals surface area contributed by atoms with E-state index in [2.05, 4.69) is 50.3 Å². The summed E-state index contributed by atoms with van der Waals surface area (Å²) in [5.74, 6) is 1.92. The Morgan fingerprint density at radius 1 is 0.778 bits per heavy atom. The van der Waals surface area contributed by atoms with Crippen molar-refractivity contribution in [2.75, 3.05) is 0 Å². The van der Waals surface area contributed by atoms with Gasteiger partial charge in [-0.15, -0.1) is 0 Å². The Morgan fingerprint density at radius 2 is 1.61 bits per heavy atom. The highest BCUT2D eigenvalue weighted by molar-refractivity contribution is 6.32. The Bertz CT molecular complexity index is 772. The molecule has 3 aromatic rings. The third-order valence-corrected chi connectivity index (χ3v) is 3.51. The zero-order chi connectivity index (χ0) is 12.1. The number of hydrogen-bond acceptors (Lipinski definition) is 1. The number of benzene rings is 3. The standard InChI is InChI=1S/C16H11BO/c17-11-7-8-12-13-5-1-3-10-4-2-6-14(16(10)13)18-15(12)9-11/h1-9H,17H2. The van der Waals surface area contributed by atoms with Gasteiger partial charge < -0.3 is 4.74 Å². The maximum Gasteiger partial charge on any atom is 0.139 e. The van der Waals surface area contributed by atoms with E-state index in [9.17, 15) is 0 Å². The Kier molecular flexibility index (Phi) is 1.84. The molecule has 0 spiro atoms. The first-order valence-electron chi connectivity index (χ1n) is 6.13. The molecular formula is C16H11BO. The number of hydrogen-bond donors (Lipinski definition) is 0. The van der Waals surface area contributed by atoms with Gasteiger partial charge in [0.05, 0.1) is 0 Å². The first-order chi connectivity index (χ1) is 8.83. The van der Waals surface area contributed by atoms with Gasteiger partial charge in [0, 0.05) is 10.9 Å². The second-order valence-corrected chi connectivity index (χ2v) is 4.76. The van der Waals surface area contributed by atoms with E-state index in [4.69, 9.17) is 4.74 Å². The van der Waals surface area contributed by atoms with Crippen LogP contribution in [-0.2, 0) is 0 Å². The largest absolute Gasteiger partial charge is 0.456 e. The fourth-order valence-corrected chi connectivity index (χ4v) is 2.67. The molecule has 1 aliphatic heterocycles. The highest BCUT2D eigenvalue weighted by Crippen LogP contribution is 2.45. The molecule has 18 heavy (non-hydrogen) atoms. The summed E-state index contributed by atoms with van der Waals surface area (Å²) < 4.78 is 6.03. The molecule has 2 heteroatoms. The number of rotatable bonds is 0. The molecule has 0 N–H and O–H groups in total. The van der Waals surface area contributed by atoms with Crippen LogP contribution in [0.15, 0.2) is 54.6 Å². The van der Waals surface area contributed by atoms with E-state index in [0.29, 0.717) is 0 Å². The maximum absolute atomic E-state index is 6.03. The van der Waals surface area contributed by atoms with Crippen LogP contribution < -0.4 is 10.2 Å². The SMILES string of the molecule is Bc1ccc2c(c1)Oc1cccc3cccc-2c13. The highest BCUT2D eigenvalue weighted by atomic mass is 16.5. The Balaban J connectivity index is 2.17. The monoisotopic (exact) mass is 230 g/mol. The molecule has 1 heterocycles. The first-order valence-corrected chi connectivity index (χ1v) is 6.13. The predicted octanol–water partition coefficient (Wildman–Crippen LogP) is 2.87. The summed E-state index contributed by atoms with van der Waals surface area (Å²) >= 11 is 0. The van der Waals surface area contributed by atoms with Crippen LogP contribution in [0.25, 0.3) is 21.9 Å². The van der Waals surface area contributed by atoms with Crippen LogP contribution in [0.1, 0.15) is 0 Å². The van der Waals surface area contributed by atoms with Gasteiger partial charge in [-0.2, -0.15) is 0 Å². The predicted molar refractivity (Wildman–Crippen MR) is 77.6 cm³/mol. The van der Waals surface area contributed by atoms with Crippen molar-refractivity contribution in [1.29, 1.82) is 0 Å². The van der Waals surface area contributed by atoms with Crippen molar-refractivity contribution in [3.8, 4) is 22.6 Å². The van der Waals surface area contributed by atoms with Gasteiger partial charge in [-0.25, -0.2) is 0 Å². The van der Waals surface area contributed by atoms with Crippen molar-refractivity contribution in [2.24, 2.45) is 0 Å². The van der Waals surface area contributed by atoms with Crippen LogP contribution in [-0.4, -0.2) is 7.85 Å². The van der Waals surface area contributed by atoms with Crippen molar-refractivity contribution >= 4 is 24.1 Å². The smallest absolute Gasteiger partial charge is 0.139 e. The molecule has 0 amide bonds. The minimum Gasteiger partial charge on any atom is -0.456 e. The zero-order valence-corrected chi connectivity index (χ0v) is 10.1. The van der Waals surface area contributed by atoms with Crippen molar-refractivity contribution < 1.29 is 4.74 Å². The maximum atomic E-state index is 6.03. The minimum atomic E-state index is 0.959. The van der Waals surface area contributed by atoms with Crippen LogP contribution >= 0.6 is 0 Å². The Hall–Kier alpha value is -2.22. The average molecular weight is 230 g/mol. The Morgan fingerprint density at radius 3 is 2.50 bits per heavy atom. The third-order valence-electron chi connectivity index (χ3n) is 3.51. The van der Waals surface area contributed by atoms with Crippen molar-refractivity contribution in [3.05, 3.63) is 54.6 Å². The van der Waals surface area contributed by atoms with E-state index in [-0.39, 0.29) is 0 Å². The topological polar surface area (TPSA) is 9.23 Å². The molecule has 0 bridgehead atoms. The van der Waals surface area contributed by atoms with E-state index in [0.717, 1.165) is 11.5 Å². The Labute approximate surface area is 106 Å². The summed E-state index contributed by atoms with van der Waals surface area (Å²) in [6.45, 7) is 0. The van der Waals surface area contributed by atoms with Crippen molar-refractivity contribution in [2.45, 2.75) is 0 Å². The summed E-state index contributed by atoms with van der Waals surface area (Å²) in [6, 6.07) is 19.0. The normalized spacial score (nSPS) is 12.0. The van der Waals surface area contributed by atoms with E-state index in [1.807, 2.05) is 12.1 Å². The lowest BCUT2D eigenvalue weighted by atomic mass is 9.90. The van der Waals surface area contributed by atoms with Gasteiger partial charge in [0.15, 0.2) is 0 Å². The molecule has 0 atom stereocenters. The van der Waals surface area contributed by atoms with Gasteiger partial charge in [0.2, 0.25) is 0 Å². The summed E-state index contributed by atoms with van der Waals surface area (Å²) in [6.07, 6.45) is 0. The van der Waals surface area contributed by atoms with Gasteiger partial charge in [0.1, 0.15) is 19.3 Å². The summed E-state index contributed by atoms with van der Waals surface area (Å²) in [7, 11) is 2.09. The van der Waals surface area contributed by atoms with Crippen LogP contribution in [0.4, 0.5) is 0 Å². The molecule has 1 aliphatic rings. The van der Waals surface area contributed by atoms with Gasteiger partial charge in [-0.1, -0.05) is 47.9 Å². The van der Waals surface area contributed by atoms with Crippen molar-refractivity contribution in [3.63, 3.8) is 0 Å². The summed E-state index contributed by atoms with van der Waals surface area (Å²) in [5.41, 5.74) is 3.68. The molecule has 3 aromatic carbocycles. The van der Waals surface area contributed by atoms with Crippen LogP contribution in [0.3, 0.4) is 0 Å². The van der Waals surface area contributed by atoms with Gasteiger partial charge in [-0.05, 0) is 23.1 Å². The third kappa shape index (κ3) is 1.23. The first kappa shape index (κ1) is 9.78. The lowest BCUT2D eigenvalue weighted by Gasteiger charge is -2.21. The van der Waals surface area contributed by atoms with Gasteiger partial charge in [-0.3, -0.25) is 0 Å². The second kappa shape index (κ2) is 3.39. The van der Waals surface area contributed by atoms with E-state index < -0.39 is 0 Å². The van der Waals surface area contributed by atoms with Crippen LogP contribution in [0, 0.1) is 0 Å². The van der Waals surface area contributed by atoms with E-state index in [1.165, 1.54) is 27.4 Å². The molecule has 84 valence electrons. The van der Waals surface area contributed by atoms with Crippen molar-refractivity contribution in [1.82, 2.24) is 0 Å². The fraction of sp³-hybridized carbons (Fsp3) is 0. The van der Waals surface area contributed by atoms with E-state index >= 15 is 0 Å².